The molecule has 4 nitrogen and oxygen atoms in total. The van der Waals surface area contributed by atoms with E-state index in [0.717, 1.165) is 25.1 Å². The van der Waals surface area contributed by atoms with Crippen molar-refractivity contribution in [3.8, 4) is 11.4 Å². The number of aromatic nitrogens is 3. The lowest BCUT2D eigenvalue weighted by molar-refractivity contribution is 0.568. The number of hydrogen-bond donors (Lipinski definition) is 0. The second kappa shape index (κ2) is 5.72. The van der Waals surface area contributed by atoms with Gasteiger partial charge in [0.05, 0.1) is 22.0 Å². The summed E-state index contributed by atoms with van der Waals surface area (Å²) in [4.78, 5) is 13.3. The Kier molecular flexibility index (Phi) is 3.57. The van der Waals surface area contributed by atoms with Crippen molar-refractivity contribution in [3.63, 3.8) is 0 Å². The van der Waals surface area contributed by atoms with E-state index in [2.05, 4.69) is 21.0 Å². The zero-order chi connectivity index (χ0) is 14.9. The third-order valence-electron chi connectivity index (χ3n) is 2.92. The summed E-state index contributed by atoms with van der Waals surface area (Å²) in [6, 6.07) is 11.6. The van der Waals surface area contributed by atoms with E-state index < -0.39 is 0 Å². The zero-order valence-electron chi connectivity index (χ0n) is 11.1. The third kappa shape index (κ3) is 2.72. The van der Waals surface area contributed by atoms with Crippen molar-refractivity contribution in [3.05, 3.63) is 54.1 Å². The Morgan fingerprint density at radius 2 is 2.00 bits per heavy atom. The number of nitrogens with zero attached hydrogens (tertiary/aromatic N) is 3. The fraction of sp³-hybridized carbons (Fsp3) is 0. The highest BCUT2D eigenvalue weighted by atomic mass is 35.5. The molecule has 0 atom stereocenters. The number of para-hydroxylation sites is 1. The molecule has 0 aliphatic rings. The molecule has 0 radical (unpaired) electrons. The van der Waals surface area contributed by atoms with Crippen molar-refractivity contribution in [1.82, 2.24) is 15.0 Å². The van der Waals surface area contributed by atoms with E-state index in [4.69, 9.17) is 16.0 Å². The van der Waals surface area contributed by atoms with Gasteiger partial charge < -0.3 is 4.42 Å². The Bertz CT molecular complexity index is 904. The van der Waals surface area contributed by atoms with Gasteiger partial charge in [0.1, 0.15) is 16.4 Å². The van der Waals surface area contributed by atoms with E-state index in [-0.39, 0.29) is 0 Å². The van der Waals surface area contributed by atoms with Crippen LogP contribution in [0.4, 0.5) is 0 Å². The van der Waals surface area contributed by atoms with Crippen molar-refractivity contribution < 1.29 is 4.42 Å². The maximum absolute atomic E-state index is 6.10. The van der Waals surface area contributed by atoms with Crippen LogP contribution in [-0.4, -0.2) is 15.0 Å². The topological polar surface area (TPSA) is 51.8 Å². The summed E-state index contributed by atoms with van der Waals surface area (Å²) in [5, 5.41) is 1.16. The molecule has 108 valence electrons. The molecular weight excluding hydrogens is 338 g/mol. The molecular formula is C15H8ClN3OS2. The van der Waals surface area contributed by atoms with Crippen LogP contribution in [0, 0.1) is 0 Å². The van der Waals surface area contributed by atoms with Gasteiger partial charge in [0.25, 0.3) is 0 Å². The molecule has 0 unspecified atom stereocenters. The second-order valence-corrected chi connectivity index (χ2v) is 7.10. The molecule has 22 heavy (non-hydrogen) atoms. The molecule has 7 heteroatoms. The molecule has 0 spiro atoms. The summed E-state index contributed by atoms with van der Waals surface area (Å²) >= 11 is 9.21. The summed E-state index contributed by atoms with van der Waals surface area (Å²) in [6.45, 7) is 0. The smallest absolute Gasteiger partial charge is 0.165 e. The van der Waals surface area contributed by atoms with Crippen molar-refractivity contribution in [2.45, 2.75) is 9.37 Å². The number of furan rings is 1. The summed E-state index contributed by atoms with van der Waals surface area (Å²) in [5.41, 5.74) is 1.79. The van der Waals surface area contributed by atoms with Crippen LogP contribution in [0.15, 0.2) is 62.7 Å². The fourth-order valence-electron chi connectivity index (χ4n) is 1.95. The highest BCUT2D eigenvalue weighted by Gasteiger charge is 2.11. The third-order valence-corrected chi connectivity index (χ3v) is 5.13. The second-order valence-electron chi connectivity index (χ2n) is 4.41. The van der Waals surface area contributed by atoms with Crippen LogP contribution < -0.4 is 0 Å². The van der Waals surface area contributed by atoms with Gasteiger partial charge in [-0.3, -0.25) is 0 Å². The van der Waals surface area contributed by atoms with Gasteiger partial charge in [0.2, 0.25) is 0 Å². The van der Waals surface area contributed by atoms with Gasteiger partial charge in [-0.25, -0.2) is 15.0 Å². The Balaban J connectivity index is 1.70. The van der Waals surface area contributed by atoms with E-state index in [9.17, 15) is 0 Å². The quantitative estimate of drug-likeness (QED) is 0.480. The lowest BCUT2D eigenvalue weighted by Crippen LogP contribution is -1.90. The minimum absolute atomic E-state index is 0.398. The Morgan fingerprint density at radius 1 is 1.09 bits per heavy atom. The van der Waals surface area contributed by atoms with Crippen molar-refractivity contribution >= 4 is 44.9 Å². The van der Waals surface area contributed by atoms with Crippen LogP contribution in [0.2, 0.25) is 5.15 Å². The number of rotatable bonds is 3. The lowest BCUT2D eigenvalue weighted by Gasteiger charge is -2.01. The predicted molar refractivity (Wildman–Crippen MR) is 88.5 cm³/mol. The maximum Gasteiger partial charge on any atom is 0.165 e. The van der Waals surface area contributed by atoms with Crippen LogP contribution in [0.1, 0.15) is 0 Å². The van der Waals surface area contributed by atoms with Crippen molar-refractivity contribution in [2.75, 3.05) is 0 Å². The number of thiazole rings is 1. The molecule has 3 heterocycles. The molecule has 0 fully saturated rings. The molecule has 0 N–H and O–H groups in total. The summed E-state index contributed by atoms with van der Waals surface area (Å²) in [5.74, 6) is 0.546. The molecule has 4 aromatic rings. The molecule has 0 saturated heterocycles. The van der Waals surface area contributed by atoms with E-state index in [0.29, 0.717) is 11.0 Å². The molecule has 0 amide bonds. The van der Waals surface area contributed by atoms with Crippen LogP contribution in [0.25, 0.3) is 21.6 Å². The Hall–Kier alpha value is -1.89. The molecule has 0 aliphatic carbocycles. The first-order valence-corrected chi connectivity index (χ1v) is 8.39. The van der Waals surface area contributed by atoms with Gasteiger partial charge in [-0.05, 0) is 30.0 Å². The van der Waals surface area contributed by atoms with E-state index in [1.807, 2.05) is 18.2 Å². The SMILES string of the molecule is Clc1cc(Sc2nc3ccccc3s2)nc(-c2ccoc2)n1. The number of halogens is 1. The Morgan fingerprint density at radius 3 is 2.82 bits per heavy atom. The van der Waals surface area contributed by atoms with Crippen LogP contribution in [0.5, 0.6) is 0 Å². The van der Waals surface area contributed by atoms with Gasteiger partial charge in [0.15, 0.2) is 10.2 Å². The molecule has 1 aromatic carbocycles. The van der Waals surface area contributed by atoms with Crippen LogP contribution in [-0.2, 0) is 0 Å². The minimum Gasteiger partial charge on any atom is -0.472 e. The van der Waals surface area contributed by atoms with E-state index in [1.54, 1.807) is 36.0 Å². The molecule has 4 rings (SSSR count). The van der Waals surface area contributed by atoms with E-state index >= 15 is 0 Å². The lowest BCUT2D eigenvalue weighted by atomic mass is 10.3. The van der Waals surface area contributed by atoms with Crippen LogP contribution in [0.3, 0.4) is 0 Å². The van der Waals surface area contributed by atoms with Gasteiger partial charge in [-0.15, -0.1) is 11.3 Å². The Labute approximate surface area is 139 Å². The highest BCUT2D eigenvalue weighted by molar-refractivity contribution is 8.01. The summed E-state index contributed by atoms with van der Waals surface area (Å²) in [7, 11) is 0. The summed E-state index contributed by atoms with van der Waals surface area (Å²) in [6.07, 6.45) is 3.18. The predicted octanol–water partition coefficient (Wildman–Crippen LogP) is 5.15. The average Bonchev–Trinajstić information content (AvgIpc) is 3.15. The molecule has 3 aromatic heterocycles. The monoisotopic (exact) mass is 345 g/mol. The fourth-order valence-corrected chi connectivity index (χ4v) is 4.22. The van der Waals surface area contributed by atoms with Crippen LogP contribution >= 0.6 is 34.7 Å². The molecule has 0 saturated carbocycles. The number of hydrogen-bond acceptors (Lipinski definition) is 6. The first kappa shape index (κ1) is 13.8. The molecule has 0 aliphatic heterocycles. The molecule has 0 bridgehead atoms. The zero-order valence-corrected chi connectivity index (χ0v) is 13.5. The van der Waals surface area contributed by atoms with Crippen molar-refractivity contribution in [1.29, 1.82) is 0 Å². The maximum atomic E-state index is 6.10. The largest absolute Gasteiger partial charge is 0.472 e. The highest BCUT2D eigenvalue weighted by Crippen LogP contribution is 2.34. The van der Waals surface area contributed by atoms with Gasteiger partial charge in [-0.2, -0.15) is 0 Å². The number of fused-ring (bicyclic) bond motifs is 1. The average molecular weight is 346 g/mol. The van der Waals surface area contributed by atoms with Gasteiger partial charge in [0, 0.05) is 6.07 Å². The standard InChI is InChI=1S/C15H8ClN3OS2/c16-12-7-13(19-14(18-12)9-5-6-20-8-9)22-15-17-10-3-1-2-4-11(10)21-15/h1-8H. The van der Waals surface area contributed by atoms with Crippen molar-refractivity contribution in [2.24, 2.45) is 0 Å². The minimum atomic E-state index is 0.398. The first-order valence-electron chi connectivity index (χ1n) is 6.38. The number of benzene rings is 1. The summed E-state index contributed by atoms with van der Waals surface area (Å²) < 4.78 is 7.14. The van der Waals surface area contributed by atoms with Gasteiger partial charge >= 0.3 is 0 Å². The van der Waals surface area contributed by atoms with E-state index in [1.165, 1.54) is 11.8 Å². The normalized spacial score (nSPS) is 11.1. The first-order chi connectivity index (χ1) is 10.8. The van der Waals surface area contributed by atoms with Gasteiger partial charge in [-0.1, -0.05) is 23.7 Å².